The molecule has 0 bridgehead atoms. The molecular weight excluding hydrogens is 655 g/mol. The van der Waals surface area contributed by atoms with Gasteiger partial charge in [0.25, 0.3) is 0 Å². The van der Waals surface area contributed by atoms with Crippen molar-refractivity contribution in [2.45, 2.75) is 25.7 Å². The van der Waals surface area contributed by atoms with Crippen LogP contribution in [-0.4, -0.2) is 15.0 Å². The first kappa shape index (κ1) is 32.0. The second-order valence-corrected chi connectivity index (χ2v) is 14.8. The summed E-state index contributed by atoms with van der Waals surface area (Å²) < 4.78 is 0. The average molecular weight is 692 g/mol. The molecule has 256 valence electrons. The SMILES string of the molecule is CC1(C)c2ccccc2-c2ccc(-c3nc(-c4ccc5cc(-c6ccccc6)ccc5c4)nc(-c4ccc(-c5ccccc5)c5c4C=CCC=C5)n3)cc21. The molecule has 0 fully saturated rings. The van der Waals surface area contributed by atoms with Gasteiger partial charge in [0, 0.05) is 22.1 Å². The van der Waals surface area contributed by atoms with Crippen LogP contribution in [-0.2, 0) is 5.41 Å². The smallest absolute Gasteiger partial charge is 0.164 e. The lowest BCUT2D eigenvalue weighted by Crippen LogP contribution is -2.15. The average Bonchev–Trinajstić information content (AvgIpc) is 3.35. The molecule has 1 aromatic heterocycles. The number of aromatic nitrogens is 3. The lowest BCUT2D eigenvalue weighted by atomic mass is 9.82. The minimum absolute atomic E-state index is 0.140. The molecule has 0 amide bonds. The Morgan fingerprint density at radius 1 is 0.389 bits per heavy atom. The van der Waals surface area contributed by atoms with Crippen LogP contribution in [0, 0.1) is 0 Å². The van der Waals surface area contributed by atoms with E-state index in [-0.39, 0.29) is 5.41 Å². The summed E-state index contributed by atoms with van der Waals surface area (Å²) in [6.07, 6.45) is 9.79. The van der Waals surface area contributed by atoms with Crippen LogP contribution >= 0.6 is 0 Å². The largest absolute Gasteiger partial charge is 0.208 e. The molecule has 3 nitrogen and oxygen atoms in total. The van der Waals surface area contributed by atoms with E-state index < -0.39 is 0 Å². The fraction of sp³-hybridized carbons (Fsp3) is 0.0784. The molecule has 2 aliphatic carbocycles. The Labute approximate surface area is 316 Å². The van der Waals surface area contributed by atoms with Crippen LogP contribution in [0.3, 0.4) is 0 Å². The fourth-order valence-corrected chi connectivity index (χ4v) is 8.30. The van der Waals surface area contributed by atoms with Gasteiger partial charge in [0.2, 0.25) is 0 Å². The summed E-state index contributed by atoms with van der Waals surface area (Å²) in [5.74, 6) is 1.98. The Hall–Kier alpha value is -6.71. The van der Waals surface area contributed by atoms with Gasteiger partial charge >= 0.3 is 0 Å². The summed E-state index contributed by atoms with van der Waals surface area (Å²) >= 11 is 0. The molecule has 1 heterocycles. The van der Waals surface area contributed by atoms with Gasteiger partial charge in [0.1, 0.15) is 0 Å². The van der Waals surface area contributed by atoms with Crippen LogP contribution in [0.1, 0.15) is 42.5 Å². The Balaban J connectivity index is 1.16. The first-order valence-corrected chi connectivity index (χ1v) is 18.7. The van der Waals surface area contributed by atoms with Gasteiger partial charge in [-0.15, -0.1) is 0 Å². The topological polar surface area (TPSA) is 38.7 Å². The maximum Gasteiger partial charge on any atom is 0.164 e. The molecule has 0 spiro atoms. The Kier molecular flexibility index (Phi) is 7.55. The first-order valence-electron chi connectivity index (χ1n) is 18.7. The molecule has 54 heavy (non-hydrogen) atoms. The fourth-order valence-electron chi connectivity index (χ4n) is 8.30. The van der Waals surface area contributed by atoms with Gasteiger partial charge in [-0.1, -0.05) is 166 Å². The van der Waals surface area contributed by atoms with Crippen molar-refractivity contribution >= 4 is 22.9 Å². The Morgan fingerprint density at radius 3 is 1.65 bits per heavy atom. The zero-order valence-corrected chi connectivity index (χ0v) is 30.3. The lowest BCUT2D eigenvalue weighted by molar-refractivity contribution is 0.660. The third-order valence-corrected chi connectivity index (χ3v) is 11.1. The molecule has 0 unspecified atom stereocenters. The van der Waals surface area contributed by atoms with Crippen LogP contribution in [0.25, 0.3) is 90.5 Å². The van der Waals surface area contributed by atoms with Gasteiger partial charge in [-0.05, 0) is 97.1 Å². The van der Waals surface area contributed by atoms with Crippen molar-refractivity contribution in [1.29, 1.82) is 0 Å². The molecule has 3 heteroatoms. The number of hydrogen-bond donors (Lipinski definition) is 0. The number of hydrogen-bond acceptors (Lipinski definition) is 3. The summed E-state index contributed by atoms with van der Waals surface area (Å²) in [6, 6.07) is 54.2. The van der Waals surface area contributed by atoms with E-state index >= 15 is 0 Å². The predicted molar refractivity (Wildman–Crippen MR) is 225 cm³/mol. The number of fused-ring (bicyclic) bond motifs is 5. The van der Waals surface area contributed by atoms with E-state index in [1.54, 1.807) is 0 Å². The monoisotopic (exact) mass is 691 g/mol. The standard InChI is InChI=1S/C51H37N3/c1-51(2)46-21-13-12-20-43(46)44-27-26-39(32-47(44)51)49-52-48(38-25-24-36-30-35(22-23-37(36)31-38)33-14-6-3-7-15-33)53-50(54-49)45-29-28-40(34-16-8-4-9-17-34)41-18-10-5-11-19-42(41)45/h3-4,6-32H,5H2,1-2H3. The zero-order valence-electron chi connectivity index (χ0n) is 30.3. The quantitative estimate of drug-likeness (QED) is 0.180. The summed E-state index contributed by atoms with van der Waals surface area (Å²) in [6.45, 7) is 4.63. The molecule has 0 aliphatic heterocycles. The molecule has 7 aromatic carbocycles. The third kappa shape index (κ3) is 5.40. The summed E-state index contributed by atoms with van der Waals surface area (Å²) in [5, 5.41) is 2.32. The highest BCUT2D eigenvalue weighted by Crippen LogP contribution is 2.49. The molecule has 10 rings (SSSR count). The number of benzene rings is 7. The Morgan fingerprint density at radius 2 is 0.907 bits per heavy atom. The molecule has 0 radical (unpaired) electrons. The zero-order chi connectivity index (χ0) is 36.2. The van der Waals surface area contributed by atoms with E-state index in [0.717, 1.165) is 34.1 Å². The molecule has 0 saturated carbocycles. The van der Waals surface area contributed by atoms with Crippen LogP contribution in [0.5, 0.6) is 0 Å². The number of allylic oxidation sites excluding steroid dienone is 2. The second kappa shape index (κ2) is 12.8. The van der Waals surface area contributed by atoms with Crippen molar-refractivity contribution in [2.75, 3.05) is 0 Å². The number of rotatable bonds is 5. The minimum Gasteiger partial charge on any atom is -0.208 e. The summed E-state index contributed by atoms with van der Waals surface area (Å²) in [7, 11) is 0. The maximum absolute atomic E-state index is 5.29. The van der Waals surface area contributed by atoms with Crippen molar-refractivity contribution < 1.29 is 0 Å². The molecule has 0 saturated heterocycles. The van der Waals surface area contributed by atoms with E-state index in [9.17, 15) is 0 Å². The van der Waals surface area contributed by atoms with Gasteiger partial charge in [-0.3, -0.25) is 0 Å². The number of nitrogens with zero attached hydrogens (tertiary/aromatic N) is 3. The third-order valence-electron chi connectivity index (χ3n) is 11.1. The van der Waals surface area contributed by atoms with Gasteiger partial charge < -0.3 is 0 Å². The van der Waals surface area contributed by atoms with Crippen molar-refractivity contribution in [3.05, 3.63) is 186 Å². The highest BCUT2D eigenvalue weighted by Gasteiger charge is 2.35. The second-order valence-electron chi connectivity index (χ2n) is 14.8. The van der Waals surface area contributed by atoms with E-state index in [4.69, 9.17) is 15.0 Å². The Bertz CT molecular complexity index is 2810. The first-order chi connectivity index (χ1) is 26.5. The van der Waals surface area contributed by atoms with Gasteiger partial charge in [0.15, 0.2) is 17.5 Å². The highest BCUT2D eigenvalue weighted by molar-refractivity contribution is 5.92. The predicted octanol–water partition coefficient (Wildman–Crippen LogP) is 13.1. The van der Waals surface area contributed by atoms with Gasteiger partial charge in [-0.25, -0.2) is 15.0 Å². The van der Waals surface area contributed by atoms with E-state index in [1.807, 2.05) is 0 Å². The van der Waals surface area contributed by atoms with Gasteiger partial charge in [-0.2, -0.15) is 0 Å². The van der Waals surface area contributed by atoms with Crippen LogP contribution in [0.4, 0.5) is 0 Å². The van der Waals surface area contributed by atoms with Crippen LogP contribution in [0.2, 0.25) is 0 Å². The van der Waals surface area contributed by atoms with Crippen molar-refractivity contribution in [3.8, 4) is 67.5 Å². The molecule has 2 aliphatic rings. The van der Waals surface area contributed by atoms with E-state index in [1.165, 1.54) is 55.5 Å². The molecule has 0 N–H and O–H groups in total. The van der Waals surface area contributed by atoms with E-state index in [2.05, 4.69) is 190 Å². The normalized spacial score (nSPS) is 13.7. The van der Waals surface area contributed by atoms with Crippen molar-refractivity contribution in [1.82, 2.24) is 15.0 Å². The van der Waals surface area contributed by atoms with Gasteiger partial charge in [0.05, 0.1) is 0 Å². The van der Waals surface area contributed by atoms with Crippen LogP contribution < -0.4 is 0 Å². The molecule has 0 atom stereocenters. The maximum atomic E-state index is 5.29. The van der Waals surface area contributed by atoms with Crippen molar-refractivity contribution in [2.24, 2.45) is 0 Å². The summed E-state index contributed by atoms with van der Waals surface area (Å²) in [4.78, 5) is 15.8. The van der Waals surface area contributed by atoms with Crippen molar-refractivity contribution in [3.63, 3.8) is 0 Å². The molecule has 8 aromatic rings. The lowest BCUT2D eigenvalue weighted by Gasteiger charge is -2.22. The van der Waals surface area contributed by atoms with Crippen LogP contribution in [0.15, 0.2) is 164 Å². The summed E-state index contributed by atoms with van der Waals surface area (Å²) in [5.41, 5.74) is 15.1. The minimum atomic E-state index is -0.140. The highest BCUT2D eigenvalue weighted by atomic mass is 15.0. The molecular formula is C51H37N3. The van der Waals surface area contributed by atoms with E-state index in [0.29, 0.717) is 17.5 Å².